The molecule has 0 saturated carbocycles. The number of halogens is 1. The highest BCUT2D eigenvalue weighted by Crippen LogP contribution is 2.12. The molecule has 0 aliphatic carbocycles. The fraction of sp³-hybridized carbons (Fsp3) is 0.727. The predicted molar refractivity (Wildman–Crippen MR) is 67.0 cm³/mol. The molecule has 5 heteroatoms. The Balaban J connectivity index is 2.88. The third-order valence-electron chi connectivity index (χ3n) is 2.44. The van der Waals surface area contributed by atoms with Crippen LogP contribution in [0.25, 0.3) is 0 Å². The van der Waals surface area contributed by atoms with Crippen LogP contribution in [0.15, 0.2) is 0 Å². The van der Waals surface area contributed by atoms with Gasteiger partial charge in [-0.25, -0.2) is 4.98 Å². The van der Waals surface area contributed by atoms with Gasteiger partial charge in [0.2, 0.25) is 11.2 Å². The van der Waals surface area contributed by atoms with E-state index in [1.54, 1.807) is 0 Å². The van der Waals surface area contributed by atoms with Crippen molar-refractivity contribution in [3.63, 3.8) is 0 Å². The summed E-state index contributed by atoms with van der Waals surface area (Å²) in [4.78, 5) is 14.8. The average molecular weight is 243 g/mol. The van der Waals surface area contributed by atoms with E-state index in [4.69, 9.17) is 11.6 Å². The maximum absolute atomic E-state index is 5.90. The quantitative estimate of drug-likeness (QED) is 0.769. The van der Waals surface area contributed by atoms with Crippen LogP contribution in [0, 0.1) is 0 Å². The molecule has 0 amide bonds. The van der Waals surface area contributed by atoms with Crippen LogP contribution >= 0.6 is 11.6 Å². The third-order valence-corrected chi connectivity index (χ3v) is 2.61. The number of hydrogen-bond acceptors (Lipinski definition) is 4. The second-order valence-electron chi connectivity index (χ2n) is 3.60. The molecule has 1 aromatic rings. The molecule has 90 valence electrons. The minimum Gasteiger partial charge on any atom is -0.341 e. The van der Waals surface area contributed by atoms with E-state index in [-0.39, 0.29) is 0 Å². The number of nitrogens with zero attached hydrogens (tertiary/aromatic N) is 4. The van der Waals surface area contributed by atoms with Gasteiger partial charge in [-0.2, -0.15) is 9.97 Å². The molecule has 0 spiro atoms. The Bertz CT molecular complexity index is 326. The molecular weight excluding hydrogens is 224 g/mol. The third kappa shape index (κ3) is 3.59. The summed E-state index contributed by atoms with van der Waals surface area (Å²) in [5.41, 5.74) is 0. The zero-order valence-corrected chi connectivity index (χ0v) is 11.0. The molecule has 0 atom stereocenters. The van der Waals surface area contributed by atoms with E-state index < -0.39 is 0 Å². The van der Waals surface area contributed by atoms with Crippen LogP contribution in [-0.2, 0) is 6.42 Å². The van der Waals surface area contributed by atoms with Crippen LogP contribution in [0.3, 0.4) is 0 Å². The van der Waals surface area contributed by atoms with E-state index in [0.717, 1.165) is 38.2 Å². The first-order chi connectivity index (χ1) is 7.71. The fourth-order valence-electron chi connectivity index (χ4n) is 1.47. The Kier molecular flexibility index (Phi) is 5.46. The van der Waals surface area contributed by atoms with E-state index in [9.17, 15) is 0 Å². The summed E-state index contributed by atoms with van der Waals surface area (Å²) in [6, 6.07) is 0. The number of aryl methyl sites for hydroxylation is 1. The molecule has 0 unspecified atom stereocenters. The Morgan fingerprint density at radius 3 is 2.31 bits per heavy atom. The maximum atomic E-state index is 5.90. The van der Waals surface area contributed by atoms with Gasteiger partial charge in [0.25, 0.3) is 0 Å². The van der Waals surface area contributed by atoms with Crippen molar-refractivity contribution in [1.29, 1.82) is 0 Å². The van der Waals surface area contributed by atoms with Crippen LogP contribution < -0.4 is 4.90 Å². The molecule has 0 radical (unpaired) electrons. The highest BCUT2D eigenvalue weighted by Gasteiger charge is 2.09. The molecule has 1 aromatic heterocycles. The number of rotatable bonds is 6. The standard InChI is InChI=1S/C11H19ClN4/c1-4-7-8-9-13-10(12)15-11(14-9)16(5-2)6-3/h4-8H2,1-3H3. The summed E-state index contributed by atoms with van der Waals surface area (Å²) in [7, 11) is 0. The van der Waals surface area contributed by atoms with Gasteiger partial charge in [0.15, 0.2) is 0 Å². The van der Waals surface area contributed by atoms with Gasteiger partial charge in [-0.05, 0) is 31.9 Å². The van der Waals surface area contributed by atoms with Crippen molar-refractivity contribution in [3.8, 4) is 0 Å². The molecule has 0 aliphatic rings. The molecular formula is C11H19ClN4. The number of hydrogen-bond donors (Lipinski definition) is 0. The van der Waals surface area contributed by atoms with Crippen molar-refractivity contribution in [3.05, 3.63) is 11.1 Å². The highest BCUT2D eigenvalue weighted by atomic mass is 35.5. The minimum atomic E-state index is 0.294. The van der Waals surface area contributed by atoms with Crippen molar-refractivity contribution < 1.29 is 0 Å². The van der Waals surface area contributed by atoms with Gasteiger partial charge in [0.1, 0.15) is 5.82 Å². The van der Waals surface area contributed by atoms with E-state index >= 15 is 0 Å². The van der Waals surface area contributed by atoms with E-state index in [1.165, 1.54) is 0 Å². The second kappa shape index (κ2) is 6.63. The molecule has 0 aromatic carbocycles. The average Bonchev–Trinajstić information content (AvgIpc) is 2.27. The smallest absolute Gasteiger partial charge is 0.229 e. The first-order valence-electron chi connectivity index (χ1n) is 5.86. The van der Waals surface area contributed by atoms with Gasteiger partial charge < -0.3 is 4.90 Å². The number of anilines is 1. The lowest BCUT2D eigenvalue weighted by Crippen LogP contribution is -2.25. The molecule has 0 aliphatic heterocycles. The van der Waals surface area contributed by atoms with Crippen molar-refractivity contribution in [2.45, 2.75) is 40.0 Å². The number of aromatic nitrogens is 3. The highest BCUT2D eigenvalue weighted by molar-refractivity contribution is 6.28. The molecule has 4 nitrogen and oxygen atoms in total. The monoisotopic (exact) mass is 242 g/mol. The lowest BCUT2D eigenvalue weighted by Gasteiger charge is -2.18. The lowest BCUT2D eigenvalue weighted by atomic mass is 10.2. The Morgan fingerprint density at radius 1 is 1.06 bits per heavy atom. The van der Waals surface area contributed by atoms with Crippen molar-refractivity contribution in [1.82, 2.24) is 15.0 Å². The largest absolute Gasteiger partial charge is 0.341 e. The van der Waals surface area contributed by atoms with E-state index in [0.29, 0.717) is 11.2 Å². The van der Waals surface area contributed by atoms with E-state index in [1.807, 2.05) is 0 Å². The fourth-order valence-corrected chi connectivity index (χ4v) is 1.65. The normalized spacial score (nSPS) is 10.5. The van der Waals surface area contributed by atoms with Gasteiger partial charge in [0, 0.05) is 19.5 Å². The zero-order chi connectivity index (χ0) is 12.0. The van der Waals surface area contributed by atoms with Crippen molar-refractivity contribution in [2.75, 3.05) is 18.0 Å². The molecule has 0 fully saturated rings. The Hall–Kier alpha value is -0.900. The van der Waals surface area contributed by atoms with Crippen LogP contribution in [0.1, 0.15) is 39.4 Å². The summed E-state index contributed by atoms with van der Waals surface area (Å²) in [6.45, 7) is 8.06. The van der Waals surface area contributed by atoms with Crippen molar-refractivity contribution >= 4 is 17.5 Å². The van der Waals surface area contributed by atoms with Gasteiger partial charge >= 0.3 is 0 Å². The molecule has 0 N–H and O–H groups in total. The molecule has 0 bridgehead atoms. The van der Waals surface area contributed by atoms with Crippen molar-refractivity contribution in [2.24, 2.45) is 0 Å². The molecule has 1 rings (SSSR count). The zero-order valence-electron chi connectivity index (χ0n) is 10.2. The van der Waals surface area contributed by atoms with Crippen LogP contribution in [-0.4, -0.2) is 28.0 Å². The molecule has 16 heavy (non-hydrogen) atoms. The SMILES string of the molecule is CCCCc1nc(Cl)nc(N(CC)CC)n1. The van der Waals surface area contributed by atoms with Crippen LogP contribution in [0.5, 0.6) is 0 Å². The lowest BCUT2D eigenvalue weighted by molar-refractivity contribution is 0.729. The molecule has 0 saturated heterocycles. The summed E-state index contributed by atoms with van der Waals surface area (Å²) in [5, 5.41) is 0.294. The first-order valence-corrected chi connectivity index (χ1v) is 6.24. The number of unbranched alkanes of at least 4 members (excludes halogenated alkanes) is 1. The van der Waals surface area contributed by atoms with E-state index in [2.05, 4.69) is 40.6 Å². The van der Waals surface area contributed by atoms with Gasteiger partial charge in [-0.3, -0.25) is 0 Å². The molecule has 1 heterocycles. The Labute approximate surface area is 102 Å². The second-order valence-corrected chi connectivity index (χ2v) is 3.93. The van der Waals surface area contributed by atoms with Gasteiger partial charge in [-0.1, -0.05) is 13.3 Å². The topological polar surface area (TPSA) is 41.9 Å². The Morgan fingerprint density at radius 2 is 1.75 bits per heavy atom. The van der Waals surface area contributed by atoms with Crippen LogP contribution in [0.2, 0.25) is 5.28 Å². The first kappa shape index (κ1) is 13.2. The minimum absolute atomic E-state index is 0.294. The summed E-state index contributed by atoms with van der Waals surface area (Å²) < 4.78 is 0. The summed E-state index contributed by atoms with van der Waals surface area (Å²) >= 11 is 5.90. The van der Waals surface area contributed by atoms with Crippen LogP contribution in [0.4, 0.5) is 5.95 Å². The maximum Gasteiger partial charge on any atom is 0.229 e. The van der Waals surface area contributed by atoms with Gasteiger partial charge in [0.05, 0.1) is 0 Å². The summed E-state index contributed by atoms with van der Waals surface area (Å²) in [5.74, 6) is 1.49. The predicted octanol–water partition coefficient (Wildman–Crippen LogP) is 2.71. The van der Waals surface area contributed by atoms with Gasteiger partial charge in [-0.15, -0.1) is 0 Å². The summed E-state index contributed by atoms with van der Waals surface area (Å²) in [6.07, 6.45) is 3.08.